The van der Waals surface area contributed by atoms with Crippen molar-refractivity contribution in [2.75, 3.05) is 0 Å². The third kappa shape index (κ3) is 3.09. The number of nitrogens with one attached hydrogen (secondary N) is 1. The quantitative estimate of drug-likeness (QED) is 0.655. The number of hydrogen-bond donors (Lipinski definition) is 1. The first-order valence-electron chi connectivity index (χ1n) is 5.47. The fraction of sp³-hybridized carbons (Fsp3) is 0.333. The van der Waals surface area contributed by atoms with Crippen molar-refractivity contribution in [3.63, 3.8) is 0 Å². The summed E-state index contributed by atoms with van der Waals surface area (Å²) >= 11 is 0. The highest BCUT2D eigenvalue weighted by atomic mass is 19.4. The van der Waals surface area contributed by atoms with E-state index in [1.54, 1.807) is 0 Å². The number of rotatable bonds is 3. The Labute approximate surface area is 102 Å². The lowest BCUT2D eigenvalue weighted by molar-refractivity contribution is -0.137. The van der Waals surface area contributed by atoms with Gasteiger partial charge in [0.25, 0.3) is 0 Å². The molecule has 18 heavy (non-hydrogen) atoms. The second-order valence-electron chi connectivity index (χ2n) is 4.09. The summed E-state index contributed by atoms with van der Waals surface area (Å²) in [4.78, 5) is 11.2. The molecule has 1 aromatic rings. The molecular weight excluding hydrogens is 245 g/mol. The van der Waals surface area contributed by atoms with Crippen molar-refractivity contribution < 1.29 is 18.0 Å². The molecule has 0 heterocycles. The fourth-order valence-corrected chi connectivity index (χ4v) is 1.47. The molecule has 0 unspecified atom stereocenters. The Hall–Kier alpha value is -1.85. The highest BCUT2D eigenvalue weighted by Crippen LogP contribution is 2.31. The monoisotopic (exact) mass is 256 g/mol. The van der Waals surface area contributed by atoms with E-state index in [0.717, 1.165) is 25.1 Å². The number of amides is 1. The molecule has 1 aliphatic carbocycles. The average Bonchev–Trinajstić information content (AvgIpc) is 3.12. The zero-order valence-corrected chi connectivity index (χ0v) is 9.37. The lowest BCUT2D eigenvalue weighted by Gasteiger charge is -2.09. The van der Waals surface area contributed by atoms with Crippen molar-refractivity contribution in [1.29, 1.82) is 0 Å². The minimum atomic E-state index is -4.43. The molecule has 0 aliphatic heterocycles. The lowest BCUT2D eigenvalue weighted by atomic mass is 10.1. The summed E-state index contributed by atoms with van der Waals surface area (Å²) < 4.78 is 37.9. The van der Waals surface area contributed by atoms with E-state index in [9.17, 15) is 18.0 Å². The first-order chi connectivity index (χ1) is 8.48. The van der Waals surface area contributed by atoms with Crippen LogP contribution in [0.4, 0.5) is 13.2 Å². The van der Waals surface area contributed by atoms with Gasteiger partial charge in [-0.05, 0) is 18.9 Å². The third-order valence-electron chi connectivity index (χ3n) is 2.59. The van der Waals surface area contributed by atoms with Crippen LogP contribution >= 0.6 is 0 Å². The Morgan fingerprint density at radius 3 is 2.61 bits per heavy atom. The normalized spacial score (nSPS) is 15.9. The zero-order valence-electron chi connectivity index (χ0n) is 9.37. The summed E-state index contributed by atoms with van der Waals surface area (Å²) in [6.45, 7) is 0. The van der Waals surface area contributed by atoms with E-state index in [4.69, 9.17) is 0 Å². The van der Waals surface area contributed by atoms with Crippen LogP contribution in [0.3, 0.4) is 0 Å². The molecule has 0 saturated heterocycles. The largest absolute Gasteiger partial charge is 0.417 e. The second kappa shape index (κ2) is 4.80. The minimum Gasteiger partial charge on any atom is -0.273 e. The van der Waals surface area contributed by atoms with E-state index >= 15 is 0 Å². The number of halogens is 3. The molecule has 3 nitrogen and oxygen atoms in total. The van der Waals surface area contributed by atoms with Crippen LogP contribution in [0.2, 0.25) is 0 Å². The molecule has 2 rings (SSSR count). The van der Waals surface area contributed by atoms with Crippen LogP contribution in [0.5, 0.6) is 0 Å². The summed E-state index contributed by atoms with van der Waals surface area (Å²) in [5.74, 6) is -0.268. The molecule has 0 bridgehead atoms. The Balaban J connectivity index is 2.08. The van der Waals surface area contributed by atoms with Gasteiger partial charge in [0.05, 0.1) is 11.8 Å². The van der Waals surface area contributed by atoms with Gasteiger partial charge in [0, 0.05) is 11.5 Å². The van der Waals surface area contributed by atoms with Crippen LogP contribution < -0.4 is 5.43 Å². The topological polar surface area (TPSA) is 41.5 Å². The van der Waals surface area contributed by atoms with E-state index < -0.39 is 11.7 Å². The van der Waals surface area contributed by atoms with Crippen molar-refractivity contribution in [2.45, 2.75) is 19.0 Å². The van der Waals surface area contributed by atoms with Crippen molar-refractivity contribution >= 4 is 12.1 Å². The minimum absolute atomic E-state index is 0.0278. The molecule has 1 fully saturated rings. The maximum atomic E-state index is 12.6. The molecule has 1 N–H and O–H groups in total. The molecule has 6 heteroatoms. The molecule has 1 aliphatic rings. The number of benzene rings is 1. The van der Waals surface area contributed by atoms with E-state index in [1.165, 1.54) is 18.2 Å². The van der Waals surface area contributed by atoms with Gasteiger partial charge in [-0.2, -0.15) is 18.3 Å². The van der Waals surface area contributed by atoms with E-state index in [2.05, 4.69) is 10.5 Å². The van der Waals surface area contributed by atoms with E-state index in [0.29, 0.717) is 0 Å². The predicted molar refractivity (Wildman–Crippen MR) is 59.9 cm³/mol. The second-order valence-corrected chi connectivity index (χ2v) is 4.09. The van der Waals surface area contributed by atoms with E-state index in [1.807, 2.05) is 0 Å². The zero-order chi connectivity index (χ0) is 13.2. The predicted octanol–water partition coefficient (Wildman–Crippen LogP) is 2.57. The first kappa shape index (κ1) is 12.6. The Morgan fingerprint density at radius 1 is 1.33 bits per heavy atom. The number of alkyl halides is 3. The molecule has 1 saturated carbocycles. The molecule has 0 aromatic heterocycles. The van der Waals surface area contributed by atoms with Crippen LogP contribution in [-0.4, -0.2) is 12.1 Å². The summed E-state index contributed by atoms with van der Waals surface area (Å²) in [5, 5.41) is 3.55. The Bertz CT molecular complexity index is 478. The molecule has 0 atom stereocenters. The molecular formula is C12H11F3N2O. The Morgan fingerprint density at radius 2 is 2.00 bits per heavy atom. The maximum absolute atomic E-state index is 12.6. The fourth-order valence-electron chi connectivity index (χ4n) is 1.47. The van der Waals surface area contributed by atoms with Gasteiger partial charge in [-0.1, -0.05) is 18.2 Å². The van der Waals surface area contributed by atoms with Crippen LogP contribution in [-0.2, 0) is 11.0 Å². The van der Waals surface area contributed by atoms with Gasteiger partial charge in [0.2, 0.25) is 5.91 Å². The van der Waals surface area contributed by atoms with Crippen LogP contribution in [0.1, 0.15) is 24.0 Å². The maximum Gasteiger partial charge on any atom is 0.417 e. The van der Waals surface area contributed by atoms with Crippen molar-refractivity contribution in [2.24, 2.45) is 11.0 Å². The summed E-state index contributed by atoms with van der Waals surface area (Å²) in [7, 11) is 0. The third-order valence-corrected chi connectivity index (χ3v) is 2.59. The van der Waals surface area contributed by atoms with Crippen molar-refractivity contribution in [1.82, 2.24) is 5.43 Å². The number of hydrogen-bond acceptors (Lipinski definition) is 2. The van der Waals surface area contributed by atoms with Gasteiger partial charge >= 0.3 is 6.18 Å². The van der Waals surface area contributed by atoms with Crippen LogP contribution in [0.25, 0.3) is 0 Å². The van der Waals surface area contributed by atoms with Gasteiger partial charge in [-0.15, -0.1) is 0 Å². The van der Waals surface area contributed by atoms with Crippen molar-refractivity contribution in [3.8, 4) is 0 Å². The average molecular weight is 256 g/mol. The molecule has 1 amide bonds. The number of carbonyl (C=O) groups excluding carboxylic acids is 1. The number of carbonyl (C=O) groups is 1. The smallest absolute Gasteiger partial charge is 0.273 e. The van der Waals surface area contributed by atoms with Gasteiger partial charge in [0.15, 0.2) is 0 Å². The van der Waals surface area contributed by atoms with Crippen molar-refractivity contribution in [3.05, 3.63) is 35.4 Å². The van der Waals surface area contributed by atoms with Crippen LogP contribution in [0.15, 0.2) is 29.4 Å². The highest BCUT2D eigenvalue weighted by Gasteiger charge is 2.32. The van der Waals surface area contributed by atoms with Gasteiger partial charge in [-0.3, -0.25) is 4.79 Å². The molecule has 96 valence electrons. The first-order valence-corrected chi connectivity index (χ1v) is 5.47. The highest BCUT2D eigenvalue weighted by molar-refractivity contribution is 5.85. The molecule has 1 aromatic carbocycles. The lowest BCUT2D eigenvalue weighted by Crippen LogP contribution is -2.19. The summed E-state index contributed by atoms with van der Waals surface area (Å²) in [6, 6.07) is 5.07. The van der Waals surface area contributed by atoms with Crippen LogP contribution in [0, 0.1) is 5.92 Å². The van der Waals surface area contributed by atoms with Gasteiger partial charge in [0.1, 0.15) is 0 Å². The summed E-state index contributed by atoms with van der Waals surface area (Å²) in [5.41, 5.74) is 1.40. The SMILES string of the molecule is O=C(N/N=C/c1ccccc1C(F)(F)F)C1CC1. The van der Waals surface area contributed by atoms with Gasteiger partial charge in [-0.25, -0.2) is 5.43 Å². The molecule has 0 spiro atoms. The Kier molecular flexibility index (Phi) is 3.36. The number of hydrazone groups is 1. The molecule has 0 radical (unpaired) electrons. The standard InChI is InChI=1S/C12H11F3N2O/c13-12(14,15)10-4-2-1-3-9(10)7-16-17-11(18)8-5-6-8/h1-4,7-8H,5-6H2,(H,17,18)/b16-7+. The summed E-state index contributed by atoms with van der Waals surface area (Å²) in [6.07, 6.45) is -1.77. The van der Waals surface area contributed by atoms with Gasteiger partial charge < -0.3 is 0 Å². The number of nitrogens with zero attached hydrogens (tertiary/aromatic N) is 1. The van der Waals surface area contributed by atoms with E-state index in [-0.39, 0.29) is 17.4 Å².